The number of carboxylic acid groups (broad SMARTS) is 1. The zero-order chi connectivity index (χ0) is 9.47. The van der Waals surface area contributed by atoms with Gasteiger partial charge in [0.15, 0.2) is 0 Å². The number of hydrogen-bond acceptors (Lipinski definition) is 2. The van der Waals surface area contributed by atoms with Crippen LogP contribution in [0.1, 0.15) is 18.1 Å². The van der Waals surface area contributed by atoms with Crippen molar-refractivity contribution in [2.75, 3.05) is 0 Å². The van der Waals surface area contributed by atoms with E-state index in [1.165, 1.54) is 0 Å². The summed E-state index contributed by atoms with van der Waals surface area (Å²) >= 11 is 0. The lowest BCUT2D eigenvalue weighted by molar-refractivity contribution is -0.144. The highest BCUT2D eigenvalue weighted by Gasteiger charge is 2.40. The Morgan fingerprint density at radius 3 is 2.92 bits per heavy atom. The van der Waals surface area contributed by atoms with E-state index in [2.05, 4.69) is 5.32 Å². The molecule has 1 aliphatic heterocycles. The van der Waals surface area contributed by atoms with E-state index in [4.69, 9.17) is 5.11 Å². The maximum absolute atomic E-state index is 11.0. The van der Waals surface area contributed by atoms with Crippen LogP contribution in [0.25, 0.3) is 0 Å². The summed E-state index contributed by atoms with van der Waals surface area (Å²) in [7, 11) is 0. The van der Waals surface area contributed by atoms with Crippen LogP contribution in [0.15, 0.2) is 24.3 Å². The van der Waals surface area contributed by atoms with Crippen LogP contribution in [-0.4, -0.2) is 11.1 Å². The summed E-state index contributed by atoms with van der Waals surface area (Å²) in [5.74, 6) is -0.822. The van der Waals surface area contributed by atoms with Gasteiger partial charge in [0.25, 0.3) is 0 Å². The third kappa shape index (κ3) is 1.04. The fourth-order valence-corrected chi connectivity index (χ4v) is 1.72. The second kappa shape index (κ2) is 2.57. The van der Waals surface area contributed by atoms with Gasteiger partial charge in [0.1, 0.15) is 5.54 Å². The summed E-state index contributed by atoms with van der Waals surface area (Å²) in [4.78, 5) is 11.0. The molecule has 0 amide bonds. The standard InChI is InChI=1S/C10H11NO2/c1-10(9(12)13)8-5-3-2-4-7(8)6-11-10/h2-5,11H,6H2,1H3,(H,12,13). The molecule has 1 unspecified atom stereocenters. The van der Waals surface area contributed by atoms with Gasteiger partial charge < -0.3 is 5.11 Å². The van der Waals surface area contributed by atoms with Gasteiger partial charge in [0.2, 0.25) is 0 Å². The molecule has 0 bridgehead atoms. The molecule has 0 aliphatic carbocycles. The Morgan fingerprint density at radius 2 is 2.23 bits per heavy atom. The van der Waals surface area contributed by atoms with Crippen molar-refractivity contribution in [1.29, 1.82) is 0 Å². The average Bonchev–Trinajstić information content (AvgIpc) is 2.47. The van der Waals surface area contributed by atoms with Gasteiger partial charge in [0.05, 0.1) is 0 Å². The van der Waals surface area contributed by atoms with Gasteiger partial charge in [-0.3, -0.25) is 5.32 Å². The molecule has 0 spiro atoms. The van der Waals surface area contributed by atoms with E-state index >= 15 is 0 Å². The fraction of sp³-hybridized carbons (Fsp3) is 0.300. The van der Waals surface area contributed by atoms with Crippen molar-refractivity contribution in [3.8, 4) is 0 Å². The number of carbonyl (C=O) groups is 1. The number of carboxylic acids is 1. The molecule has 0 radical (unpaired) electrons. The highest BCUT2D eigenvalue weighted by molar-refractivity contribution is 5.81. The number of rotatable bonds is 1. The maximum Gasteiger partial charge on any atom is 0.328 e. The molecule has 1 aliphatic rings. The molecule has 2 rings (SSSR count). The summed E-state index contributed by atoms with van der Waals surface area (Å²) in [6.07, 6.45) is 0. The molecule has 1 atom stereocenters. The van der Waals surface area contributed by atoms with Crippen molar-refractivity contribution in [2.45, 2.75) is 19.0 Å². The summed E-state index contributed by atoms with van der Waals surface area (Å²) in [6, 6.07) is 7.61. The monoisotopic (exact) mass is 177 g/mol. The molecular weight excluding hydrogens is 166 g/mol. The molecule has 13 heavy (non-hydrogen) atoms. The highest BCUT2D eigenvalue weighted by Crippen LogP contribution is 2.30. The molecule has 1 heterocycles. The first-order valence-corrected chi connectivity index (χ1v) is 4.21. The van der Waals surface area contributed by atoms with Crippen LogP contribution in [-0.2, 0) is 16.9 Å². The van der Waals surface area contributed by atoms with Gasteiger partial charge in [-0.05, 0) is 18.1 Å². The predicted molar refractivity (Wildman–Crippen MR) is 48.3 cm³/mol. The molecule has 68 valence electrons. The molecule has 3 nitrogen and oxygen atoms in total. The number of aliphatic carboxylic acids is 1. The van der Waals surface area contributed by atoms with Crippen LogP contribution in [0.3, 0.4) is 0 Å². The molecule has 0 fully saturated rings. The molecular formula is C10H11NO2. The lowest BCUT2D eigenvalue weighted by atomic mass is 9.93. The second-order valence-corrected chi connectivity index (χ2v) is 3.44. The zero-order valence-electron chi connectivity index (χ0n) is 7.37. The Kier molecular flexibility index (Phi) is 1.63. The Hall–Kier alpha value is -1.35. The van der Waals surface area contributed by atoms with E-state index in [1.807, 2.05) is 24.3 Å². The minimum atomic E-state index is -0.906. The lowest BCUT2D eigenvalue weighted by Crippen LogP contribution is -2.41. The largest absolute Gasteiger partial charge is 0.480 e. The van der Waals surface area contributed by atoms with E-state index in [9.17, 15) is 4.79 Å². The quantitative estimate of drug-likeness (QED) is 0.675. The summed E-state index contributed by atoms with van der Waals surface area (Å²) in [5.41, 5.74) is 1.05. The summed E-state index contributed by atoms with van der Waals surface area (Å²) in [5, 5.41) is 12.1. The number of nitrogens with one attached hydrogen (secondary N) is 1. The predicted octanol–water partition coefficient (Wildman–Crippen LogP) is 1.09. The Bertz CT molecular complexity index is 362. The van der Waals surface area contributed by atoms with Crippen LogP contribution in [0.5, 0.6) is 0 Å². The minimum Gasteiger partial charge on any atom is -0.480 e. The molecule has 3 heteroatoms. The third-order valence-electron chi connectivity index (χ3n) is 2.62. The maximum atomic E-state index is 11.0. The summed E-state index contributed by atoms with van der Waals surface area (Å²) < 4.78 is 0. The topological polar surface area (TPSA) is 49.3 Å². The van der Waals surface area contributed by atoms with Gasteiger partial charge in [-0.2, -0.15) is 0 Å². The Labute approximate surface area is 76.4 Å². The normalized spacial score (nSPS) is 25.6. The van der Waals surface area contributed by atoms with Crippen molar-refractivity contribution in [1.82, 2.24) is 5.32 Å². The molecule has 0 aromatic heterocycles. The van der Waals surface area contributed by atoms with E-state index in [0.717, 1.165) is 11.1 Å². The van der Waals surface area contributed by atoms with Crippen LogP contribution in [0.2, 0.25) is 0 Å². The lowest BCUT2D eigenvalue weighted by Gasteiger charge is -2.19. The van der Waals surface area contributed by atoms with Crippen molar-refractivity contribution in [3.05, 3.63) is 35.4 Å². The number of fused-ring (bicyclic) bond motifs is 1. The molecule has 1 aromatic rings. The molecule has 1 aromatic carbocycles. The highest BCUT2D eigenvalue weighted by atomic mass is 16.4. The fourth-order valence-electron chi connectivity index (χ4n) is 1.72. The van der Waals surface area contributed by atoms with Gasteiger partial charge in [-0.25, -0.2) is 4.79 Å². The van der Waals surface area contributed by atoms with Crippen LogP contribution in [0, 0.1) is 0 Å². The second-order valence-electron chi connectivity index (χ2n) is 3.44. The minimum absolute atomic E-state index is 0.638. The average molecular weight is 177 g/mol. The van der Waals surface area contributed by atoms with Gasteiger partial charge in [0, 0.05) is 6.54 Å². The van der Waals surface area contributed by atoms with Crippen LogP contribution >= 0.6 is 0 Å². The smallest absolute Gasteiger partial charge is 0.328 e. The first-order chi connectivity index (χ1) is 6.14. The first-order valence-electron chi connectivity index (χ1n) is 4.21. The molecule has 2 N–H and O–H groups in total. The first kappa shape index (κ1) is 8.26. The van der Waals surface area contributed by atoms with Gasteiger partial charge >= 0.3 is 5.97 Å². The third-order valence-corrected chi connectivity index (χ3v) is 2.62. The van der Waals surface area contributed by atoms with Gasteiger partial charge in [-0.1, -0.05) is 24.3 Å². The van der Waals surface area contributed by atoms with Crippen molar-refractivity contribution < 1.29 is 9.90 Å². The van der Waals surface area contributed by atoms with Crippen molar-refractivity contribution >= 4 is 5.97 Å². The van der Waals surface area contributed by atoms with Gasteiger partial charge in [-0.15, -0.1) is 0 Å². The van der Waals surface area contributed by atoms with Crippen molar-refractivity contribution in [2.24, 2.45) is 0 Å². The number of benzene rings is 1. The van der Waals surface area contributed by atoms with Crippen LogP contribution in [0.4, 0.5) is 0 Å². The molecule has 0 saturated carbocycles. The molecule has 0 saturated heterocycles. The van der Waals surface area contributed by atoms with Crippen LogP contribution < -0.4 is 5.32 Å². The van der Waals surface area contributed by atoms with E-state index in [-0.39, 0.29) is 0 Å². The van der Waals surface area contributed by atoms with E-state index in [0.29, 0.717) is 6.54 Å². The van der Waals surface area contributed by atoms with E-state index in [1.54, 1.807) is 6.92 Å². The van der Waals surface area contributed by atoms with Crippen molar-refractivity contribution in [3.63, 3.8) is 0 Å². The number of hydrogen-bond donors (Lipinski definition) is 2. The zero-order valence-corrected chi connectivity index (χ0v) is 7.37. The SMILES string of the molecule is CC1(C(=O)O)NCc2ccccc21. The Morgan fingerprint density at radius 1 is 1.54 bits per heavy atom. The summed E-state index contributed by atoms with van der Waals surface area (Å²) in [6.45, 7) is 2.33. The van der Waals surface area contributed by atoms with E-state index < -0.39 is 11.5 Å². The Balaban J connectivity index is 2.55.